The predicted molar refractivity (Wildman–Crippen MR) is 67.5 cm³/mol. The normalized spacial score (nSPS) is 9.94. The van der Waals surface area contributed by atoms with E-state index in [1.165, 1.54) is 18.4 Å². The second-order valence-corrected chi connectivity index (χ2v) is 4.01. The smallest absolute Gasteiger partial charge is 0.275 e. The van der Waals surface area contributed by atoms with Gasteiger partial charge < -0.3 is 15.8 Å². The second kappa shape index (κ2) is 4.84. The lowest BCUT2D eigenvalue weighted by molar-refractivity contribution is 0.102. The van der Waals surface area contributed by atoms with E-state index in [9.17, 15) is 4.79 Å². The standard InChI is InChI=1S/C11H11N3O2S/c1-16-10-4-7(12)2-3-8(10)14-11(15)9-5-17-6-13-9/h2-6H,12H2,1H3,(H,14,15). The monoisotopic (exact) mass is 249 g/mol. The average Bonchev–Trinajstić information content (AvgIpc) is 2.85. The van der Waals surface area contributed by atoms with E-state index >= 15 is 0 Å². The number of carbonyl (C=O) groups excluding carboxylic acids is 1. The van der Waals surface area contributed by atoms with Gasteiger partial charge in [0, 0.05) is 17.1 Å². The first-order valence-corrected chi connectivity index (χ1v) is 5.78. The quantitative estimate of drug-likeness (QED) is 0.815. The number of methoxy groups -OCH3 is 1. The van der Waals surface area contributed by atoms with Gasteiger partial charge in [-0.15, -0.1) is 11.3 Å². The van der Waals surface area contributed by atoms with E-state index in [1.807, 2.05) is 0 Å². The fourth-order valence-electron chi connectivity index (χ4n) is 1.32. The Morgan fingerprint density at radius 3 is 3.00 bits per heavy atom. The molecule has 3 N–H and O–H groups in total. The Morgan fingerprint density at radius 2 is 2.35 bits per heavy atom. The van der Waals surface area contributed by atoms with Crippen LogP contribution < -0.4 is 15.8 Å². The number of amides is 1. The van der Waals surface area contributed by atoms with Crippen LogP contribution in [0.15, 0.2) is 29.1 Å². The van der Waals surface area contributed by atoms with Crippen molar-refractivity contribution in [3.63, 3.8) is 0 Å². The highest BCUT2D eigenvalue weighted by Gasteiger charge is 2.11. The molecule has 0 bridgehead atoms. The van der Waals surface area contributed by atoms with Crippen LogP contribution in [0.25, 0.3) is 0 Å². The summed E-state index contributed by atoms with van der Waals surface area (Å²) in [7, 11) is 1.52. The zero-order valence-corrected chi connectivity index (χ0v) is 9.95. The van der Waals surface area contributed by atoms with Crippen LogP contribution in [-0.4, -0.2) is 18.0 Å². The molecule has 2 aromatic rings. The van der Waals surface area contributed by atoms with E-state index in [-0.39, 0.29) is 5.91 Å². The largest absolute Gasteiger partial charge is 0.494 e. The third-order valence-corrected chi connectivity index (χ3v) is 2.73. The van der Waals surface area contributed by atoms with Gasteiger partial charge in [0.15, 0.2) is 0 Å². The Hall–Kier alpha value is -2.08. The summed E-state index contributed by atoms with van der Waals surface area (Å²) < 4.78 is 5.13. The Morgan fingerprint density at radius 1 is 1.53 bits per heavy atom. The van der Waals surface area contributed by atoms with Crippen LogP contribution in [0.3, 0.4) is 0 Å². The van der Waals surface area contributed by atoms with Crippen molar-refractivity contribution in [3.8, 4) is 5.75 Å². The number of aromatic nitrogens is 1. The number of ether oxygens (including phenoxy) is 1. The fraction of sp³-hybridized carbons (Fsp3) is 0.0909. The lowest BCUT2D eigenvalue weighted by Gasteiger charge is -2.09. The molecule has 2 rings (SSSR count). The predicted octanol–water partition coefficient (Wildman–Crippen LogP) is 1.99. The molecule has 0 unspecified atom stereocenters. The molecule has 0 spiro atoms. The maximum absolute atomic E-state index is 11.8. The zero-order valence-electron chi connectivity index (χ0n) is 9.14. The van der Waals surface area contributed by atoms with Gasteiger partial charge in [-0.3, -0.25) is 4.79 Å². The molecule has 0 aliphatic heterocycles. The van der Waals surface area contributed by atoms with E-state index in [2.05, 4.69) is 10.3 Å². The molecule has 0 radical (unpaired) electrons. The van der Waals surface area contributed by atoms with E-state index < -0.39 is 0 Å². The summed E-state index contributed by atoms with van der Waals surface area (Å²) in [4.78, 5) is 15.7. The van der Waals surface area contributed by atoms with E-state index in [1.54, 1.807) is 29.1 Å². The highest BCUT2D eigenvalue weighted by Crippen LogP contribution is 2.26. The van der Waals surface area contributed by atoms with Crippen molar-refractivity contribution in [1.82, 2.24) is 4.98 Å². The topological polar surface area (TPSA) is 77.2 Å². The lowest BCUT2D eigenvalue weighted by Crippen LogP contribution is -2.13. The maximum Gasteiger partial charge on any atom is 0.275 e. The summed E-state index contributed by atoms with van der Waals surface area (Å²) in [5.41, 5.74) is 8.76. The number of benzene rings is 1. The highest BCUT2D eigenvalue weighted by molar-refractivity contribution is 7.07. The van der Waals surface area contributed by atoms with Gasteiger partial charge in [0.25, 0.3) is 5.91 Å². The Balaban J connectivity index is 2.21. The van der Waals surface area contributed by atoms with Gasteiger partial charge in [-0.2, -0.15) is 0 Å². The summed E-state index contributed by atoms with van der Waals surface area (Å²) in [6, 6.07) is 5.04. The third kappa shape index (κ3) is 2.54. The van der Waals surface area contributed by atoms with Gasteiger partial charge in [-0.05, 0) is 12.1 Å². The first-order chi connectivity index (χ1) is 8.20. The second-order valence-electron chi connectivity index (χ2n) is 3.29. The number of hydrogen-bond donors (Lipinski definition) is 2. The minimum atomic E-state index is -0.269. The van der Waals surface area contributed by atoms with Crippen LogP contribution in [0.4, 0.5) is 11.4 Å². The first-order valence-electron chi connectivity index (χ1n) is 4.84. The van der Waals surface area contributed by atoms with Gasteiger partial charge in [0.2, 0.25) is 0 Å². The van der Waals surface area contributed by atoms with Crippen LogP contribution in [0.2, 0.25) is 0 Å². The van der Waals surface area contributed by atoms with Gasteiger partial charge >= 0.3 is 0 Å². The Labute approximate surface area is 102 Å². The molecule has 0 saturated heterocycles. The molecule has 0 aliphatic carbocycles. The molecule has 0 fully saturated rings. The molecule has 0 saturated carbocycles. The Kier molecular flexibility index (Phi) is 3.24. The summed E-state index contributed by atoms with van der Waals surface area (Å²) >= 11 is 1.37. The van der Waals surface area contributed by atoms with E-state index in [0.717, 1.165) is 0 Å². The van der Waals surface area contributed by atoms with Gasteiger partial charge in [0.1, 0.15) is 11.4 Å². The summed E-state index contributed by atoms with van der Waals surface area (Å²) in [5.74, 6) is 0.253. The molecule has 88 valence electrons. The fourth-order valence-corrected chi connectivity index (χ4v) is 1.85. The number of nitrogen functional groups attached to an aromatic ring is 1. The molecule has 17 heavy (non-hydrogen) atoms. The molecule has 1 aromatic carbocycles. The van der Waals surface area contributed by atoms with Crippen LogP contribution in [0.1, 0.15) is 10.5 Å². The summed E-state index contributed by atoms with van der Waals surface area (Å²) in [6.07, 6.45) is 0. The van der Waals surface area contributed by atoms with Crippen molar-refractivity contribution in [2.24, 2.45) is 0 Å². The average molecular weight is 249 g/mol. The number of rotatable bonds is 3. The Bertz CT molecular complexity index is 526. The van der Waals surface area contributed by atoms with Crippen LogP contribution in [0.5, 0.6) is 5.75 Å². The van der Waals surface area contributed by atoms with E-state index in [4.69, 9.17) is 10.5 Å². The molecule has 1 aromatic heterocycles. The minimum Gasteiger partial charge on any atom is -0.494 e. The number of anilines is 2. The molecule has 1 amide bonds. The molecule has 6 heteroatoms. The van der Waals surface area contributed by atoms with Gasteiger partial charge in [-0.1, -0.05) is 0 Å². The summed E-state index contributed by atoms with van der Waals surface area (Å²) in [6.45, 7) is 0. The van der Waals surface area contributed by atoms with Crippen molar-refractivity contribution in [2.45, 2.75) is 0 Å². The van der Waals surface area contributed by atoms with Crippen molar-refractivity contribution < 1.29 is 9.53 Å². The molecule has 5 nitrogen and oxygen atoms in total. The number of hydrogen-bond acceptors (Lipinski definition) is 5. The lowest BCUT2D eigenvalue weighted by atomic mass is 10.2. The minimum absolute atomic E-state index is 0.269. The zero-order chi connectivity index (χ0) is 12.3. The first kappa shape index (κ1) is 11.4. The van der Waals surface area contributed by atoms with Crippen molar-refractivity contribution in [3.05, 3.63) is 34.8 Å². The van der Waals surface area contributed by atoms with Gasteiger partial charge in [0.05, 0.1) is 18.3 Å². The van der Waals surface area contributed by atoms with Crippen molar-refractivity contribution >= 4 is 28.6 Å². The van der Waals surface area contributed by atoms with Crippen molar-refractivity contribution in [1.29, 1.82) is 0 Å². The van der Waals surface area contributed by atoms with Crippen molar-refractivity contribution in [2.75, 3.05) is 18.2 Å². The number of carbonyl (C=O) groups is 1. The molecule has 1 heterocycles. The van der Waals surface area contributed by atoms with Gasteiger partial charge in [-0.25, -0.2) is 4.98 Å². The molecular weight excluding hydrogens is 238 g/mol. The maximum atomic E-state index is 11.8. The summed E-state index contributed by atoms with van der Waals surface area (Å²) in [5, 5.41) is 4.40. The number of nitrogens with one attached hydrogen (secondary N) is 1. The number of thiazole rings is 1. The highest BCUT2D eigenvalue weighted by atomic mass is 32.1. The number of nitrogens with zero attached hydrogens (tertiary/aromatic N) is 1. The van der Waals surface area contributed by atoms with Crippen LogP contribution in [0, 0.1) is 0 Å². The SMILES string of the molecule is COc1cc(N)ccc1NC(=O)c1cscn1. The molecular formula is C11H11N3O2S. The molecule has 0 aliphatic rings. The molecule has 0 atom stereocenters. The number of nitrogens with two attached hydrogens (primary N) is 1. The van der Waals surface area contributed by atoms with Crippen LogP contribution in [-0.2, 0) is 0 Å². The third-order valence-electron chi connectivity index (χ3n) is 2.14. The van der Waals surface area contributed by atoms with E-state index in [0.29, 0.717) is 22.8 Å². The van der Waals surface area contributed by atoms with Crippen LogP contribution >= 0.6 is 11.3 Å².